The highest BCUT2D eigenvalue weighted by Gasteiger charge is 2.18. The molecule has 1 saturated heterocycles. The fourth-order valence-corrected chi connectivity index (χ4v) is 2.43. The van der Waals surface area contributed by atoms with Gasteiger partial charge in [-0.05, 0) is 31.4 Å². The van der Waals surface area contributed by atoms with E-state index in [0.29, 0.717) is 17.2 Å². The normalized spacial score (nSPS) is 15.0. The molecule has 0 spiro atoms. The number of para-hydroxylation sites is 1. The summed E-state index contributed by atoms with van der Waals surface area (Å²) in [6.07, 6.45) is 4.62. The highest BCUT2D eigenvalue weighted by Crippen LogP contribution is 2.27. The van der Waals surface area contributed by atoms with Crippen molar-refractivity contribution in [2.75, 3.05) is 19.7 Å². The number of ether oxygens (including phenoxy) is 1. The highest BCUT2D eigenvalue weighted by molar-refractivity contribution is 5.78. The number of amides is 1. The van der Waals surface area contributed by atoms with Gasteiger partial charge in [0.15, 0.2) is 6.61 Å². The van der Waals surface area contributed by atoms with E-state index in [9.17, 15) is 4.79 Å². The van der Waals surface area contributed by atoms with Crippen molar-refractivity contribution in [1.29, 1.82) is 0 Å². The molecule has 2 aromatic rings. The Morgan fingerprint density at radius 1 is 1.24 bits per heavy atom. The first kappa shape index (κ1) is 13.6. The van der Waals surface area contributed by atoms with Crippen molar-refractivity contribution < 1.29 is 13.9 Å². The zero-order valence-corrected chi connectivity index (χ0v) is 11.7. The fraction of sp³-hybridized carbons (Fsp3) is 0.400. The molecule has 1 aromatic heterocycles. The lowest BCUT2D eigenvalue weighted by Gasteiger charge is -2.26. The Labute approximate surface area is 122 Å². The molecule has 0 unspecified atom stereocenters. The van der Waals surface area contributed by atoms with Gasteiger partial charge < -0.3 is 14.1 Å². The third-order valence-electron chi connectivity index (χ3n) is 3.54. The van der Waals surface area contributed by atoms with Crippen molar-refractivity contribution in [3.05, 3.63) is 30.7 Å². The van der Waals surface area contributed by atoms with E-state index < -0.39 is 0 Å². The Balaban J connectivity index is 1.66. The van der Waals surface area contributed by atoms with Crippen molar-refractivity contribution in [1.82, 2.24) is 15.1 Å². The van der Waals surface area contributed by atoms with Gasteiger partial charge in [-0.2, -0.15) is 0 Å². The van der Waals surface area contributed by atoms with Gasteiger partial charge in [0.05, 0.1) is 5.56 Å². The maximum Gasteiger partial charge on any atom is 0.260 e. The molecule has 0 atom stereocenters. The van der Waals surface area contributed by atoms with Gasteiger partial charge in [-0.15, -0.1) is 10.2 Å². The van der Waals surface area contributed by atoms with Crippen LogP contribution in [0.3, 0.4) is 0 Å². The van der Waals surface area contributed by atoms with E-state index in [-0.39, 0.29) is 12.5 Å². The van der Waals surface area contributed by atoms with E-state index in [1.54, 1.807) is 6.07 Å². The van der Waals surface area contributed by atoms with Crippen LogP contribution in [0.5, 0.6) is 5.75 Å². The second-order valence-electron chi connectivity index (χ2n) is 4.97. The lowest BCUT2D eigenvalue weighted by Crippen LogP contribution is -2.38. The number of likely N-dealkylation sites (tertiary alicyclic amines) is 1. The van der Waals surface area contributed by atoms with Gasteiger partial charge in [0.25, 0.3) is 11.8 Å². The van der Waals surface area contributed by atoms with Crippen LogP contribution in [0.1, 0.15) is 19.3 Å². The number of benzene rings is 1. The number of aromatic nitrogens is 2. The summed E-state index contributed by atoms with van der Waals surface area (Å²) in [4.78, 5) is 14.0. The molecular weight excluding hydrogens is 270 g/mol. The molecule has 2 heterocycles. The van der Waals surface area contributed by atoms with Gasteiger partial charge in [-0.25, -0.2) is 0 Å². The van der Waals surface area contributed by atoms with Crippen LogP contribution in [0.4, 0.5) is 0 Å². The van der Waals surface area contributed by atoms with Crippen LogP contribution >= 0.6 is 0 Å². The minimum absolute atomic E-state index is 0.0232. The molecule has 0 saturated carbocycles. The molecule has 1 aliphatic rings. The molecule has 110 valence electrons. The minimum Gasteiger partial charge on any atom is -0.483 e. The summed E-state index contributed by atoms with van der Waals surface area (Å²) in [5, 5.41) is 7.53. The van der Waals surface area contributed by atoms with E-state index in [0.717, 1.165) is 25.9 Å². The number of carbonyl (C=O) groups excluding carboxylic acids is 1. The third-order valence-corrected chi connectivity index (χ3v) is 3.54. The minimum atomic E-state index is 0.0232. The molecule has 6 nitrogen and oxygen atoms in total. The monoisotopic (exact) mass is 287 g/mol. The first-order valence-corrected chi connectivity index (χ1v) is 7.11. The first-order chi connectivity index (χ1) is 10.3. The lowest BCUT2D eigenvalue weighted by molar-refractivity contribution is -0.134. The second-order valence-corrected chi connectivity index (χ2v) is 4.97. The maximum atomic E-state index is 12.1. The van der Waals surface area contributed by atoms with E-state index in [4.69, 9.17) is 9.15 Å². The van der Waals surface area contributed by atoms with Crippen molar-refractivity contribution >= 4 is 5.91 Å². The van der Waals surface area contributed by atoms with Crippen LogP contribution in [0.2, 0.25) is 0 Å². The Kier molecular flexibility index (Phi) is 4.14. The largest absolute Gasteiger partial charge is 0.483 e. The quantitative estimate of drug-likeness (QED) is 0.861. The van der Waals surface area contributed by atoms with Crippen LogP contribution in [-0.2, 0) is 4.79 Å². The van der Waals surface area contributed by atoms with Gasteiger partial charge in [-0.3, -0.25) is 4.79 Å². The number of hydrogen-bond donors (Lipinski definition) is 0. The summed E-state index contributed by atoms with van der Waals surface area (Å²) < 4.78 is 10.8. The zero-order chi connectivity index (χ0) is 14.5. The molecule has 1 amide bonds. The van der Waals surface area contributed by atoms with Crippen molar-refractivity contribution in [2.45, 2.75) is 19.3 Å². The molecule has 0 bridgehead atoms. The molecule has 1 aliphatic heterocycles. The van der Waals surface area contributed by atoms with E-state index in [1.165, 1.54) is 12.8 Å². The van der Waals surface area contributed by atoms with E-state index >= 15 is 0 Å². The number of piperidine rings is 1. The third kappa shape index (κ3) is 3.21. The molecular formula is C15H17N3O3. The number of carbonyl (C=O) groups is 1. The number of nitrogens with zero attached hydrogens (tertiary/aromatic N) is 3. The Morgan fingerprint density at radius 2 is 2.05 bits per heavy atom. The van der Waals surface area contributed by atoms with Crippen LogP contribution in [0, 0.1) is 0 Å². The average molecular weight is 287 g/mol. The maximum absolute atomic E-state index is 12.1. The van der Waals surface area contributed by atoms with Crippen molar-refractivity contribution in [2.24, 2.45) is 0 Å². The Bertz CT molecular complexity index is 592. The molecule has 1 fully saturated rings. The van der Waals surface area contributed by atoms with Gasteiger partial charge in [-0.1, -0.05) is 12.1 Å². The predicted molar refractivity (Wildman–Crippen MR) is 75.7 cm³/mol. The molecule has 1 aromatic carbocycles. The lowest BCUT2D eigenvalue weighted by atomic mass is 10.1. The summed E-state index contributed by atoms with van der Waals surface area (Å²) >= 11 is 0. The summed E-state index contributed by atoms with van der Waals surface area (Å²) in [5.74, 6) is 0.984. The molecule has 0 radical (unpaired) electrons. The zero-order valence-electron chi connectivity index (χ0n) is 11.7. The Hall–Kier alpha value is -2.37. The van der Waals surface area contributed by atoms with Gasteiger partial charge in [0, 0.05) is 13.1 Å². The predicted octanol–water partition coefficient (Wildman–Crippen LogP) is 2.13. The number of hydrogen-bond acceptors (Lipinski definition) is 5. The summed E-state index contributed by atoms with van der Waals surface area (Å²) in [7, 11) is 0. The van der Waals surface area contributed by atoms with Gasteiger partial charge >= 0.3 is 0 Å². The van der Waals surface area contributed by atoms with Gasteiger partial charge in [0.1, 0.15) is 5.75 Å². The molecule has 21 heavy (non-hydrogen) atoms. The van der Waals surface area contributed by atoms with Crippen LogP contribution in [-0.4, -0.2) is 40.7 Å². The SMILES string of the molecule is O=C(COc1ccccc1-c1nnco1)N1CCCCC1. The second kappa shape index (κ2) is 6.39. The highest BCUT2D eigenvalue weighted by atomic mass is 16.5. The molecule has 0 aliphatic carbocycles. The topological polar surface area (TPSA) is 68.5 Å². The smallest absolute Gasteiger partial charge is 0.260 e. The summed E-state index contributed by atoms with van der Waals surface area (Å²) in [6, 6.07) is 7.33. The molecule has 6 heteroatoms. The van der Waals surface area contributed by atoms with E-state index in [1.807, 2.05) is 23.1 Å². The van der Waals surface area contributed by atoms with E-state index in [2.05, 4.69) is 10.2 Å². The van der Waals surface area contributed by atoms with Crippen LogP contribution < -0.4 is 4.74 Å². The average Bonchev–Trinajstić information content (AvgIpc) is 3.08. The standard InChI is InChI=1S/C15H17N3O3/c19-14(18-8-4-1-5-9-18)10-20-13-7-3-2-6-12(13)15-17-16-11-21-15/h2-3,6-7,11H,1,4-5,8-10H2. The fourth-order valence-electron chi connectivity index (χ4n) is 2.43. The van der Waals surface area contributed by atoms with Crippen LogP contribution in [0.15, 0.2) is 35.1 Å². The van der Waals surface area contributed by atoms with Crippen molar-refractivity contribution in [3.63, 3.8) is 0 Å². The van der Waals surface area contributed by atoms with Crippen molar-refractivity contribution in [3.8, 4) is 17.2 Å². The summed E-state index contributed by atoms with van der Waals surface area (Å²) in [5.41, 5.74) is 0.696. The van der Waals surface area contributed by atoms with Gasteiger partial charge in [0.2, 0.25) is 6.39 Å². The molecule has 0 N–H and O–H groups in total. The van der Waals surface area contributed by atoms with Crippen LogP contribution in [0.25, 0.3) is 11.5 Å². The number of rotatable bonds is 4. The summed E-state index contributed by atoms with van der Waals surface area (Å²) in [6.45, 7) is 1.69. The Morgan fingerprint density at radius 3 is 2.81 bits per heavy atom. The first-order valence-electron chi connectivity index (χ1n) is 7.11. The molecule has 3 rings (SSSR count).